The van der Waals surface area contributed by atoms with Crippen LogP contribution in [0.15, 0.2) is 0 Å². The Kier molecular flexibility index (Phi) is 17.7. The molecule has 0 aliphatic heterocycles. The van der Waals surface area contributed by atoms with Gasteiger partial charge in [-0.15, -0.1) is 0 Å². The molecule has 0 saturated carbocycles. The van der Waals surface area contributed by atoms with Crippen molar-refractivity contribution in [1.29, 1.82) is 0 Å². The van der Waals surface area contributed by atoms with Gasteiger partial charge in [-0.3, -0.25) is 0 Å². The molecule has 0 unspecified atom stereocenters. The van der Waals surface area contributed by atoms with Gasteiger partial charge in [-0.1, -0.05) is 26.7 Å². The molecule has 51 valence electrons. The van der Waals surface area contributed by atoms with Gasteiger partial charge in [0.15, 0.2) is 0 Å². The van der Waals surface area contributed by atoms with Gasteiger partial charge < -0.3 is 0 Å². The summed E-state index contributed by atoms with van der Waals surface area (Å²) in [6.07, 6.45) is 2.64. The van der Waals surface area contributed by atoms with Crippen molar-refractivity contribution in [2.24, 2.45) is 0 Å². The van der Waals surface area contributed by atoms with Gasteiger partial charge in [0.05, 0.1) is 0 Å². The third kappa shape index (κ3) is 47.9. The molecule has 0 aromatic carbocycles. The molecule has 0 aliphatic carbocycles. The molecule has 0 rings (SSSR count). The van der Waals surface area contributed by atoms with E-state index in [1.54, 1.807) is 0 Å². The van der Waals surface area contributed by atoms with E-state index in [4.69, 9.17) is 26.8 Å². The summed E-state index contributed by atoms with van der Waals surface area (Å²) >= 11 is -2.13. The van der Waals surface area contributed by atoms with Crippen molar-refractivity contribution in [1.82, 2.24) is 0 Å². The van der Waals surface area contributed by atoms with E-state index in [-0.39, 0.29) is 0 Å². The van der Waals surface area contributed by atoms with E-state index in [9.17, 15) is 0 Å². The Labute approximate surface area is 69.4 Å². The number of unbranched alkanes of at least 4 members (excludes halogenated alkanes) is 1. The summed E-state index contributed by atoms with van der Waals surface area (Å²) in [4.78, 5) is 0. The number of halogens is 3. The van der Waals surface area contributed by atoms with E-state index < -0.39 is 16.4 Å². The fraction of sp³-hybridized carbons (Fsp3) is 1.00. The van der Waals surface area contributed by atoms with Gasteiger partial charge in [0.2, 0.25) is 0 Å². The van der Waals surface area contributed by atoms with Crippen LogP contribution in [0.3, 0.4) is 0 Å². The van der Waals surface area contributed by atoms with Crippen LogP contribution in [0.25, 0.3) is 0 Å². The first-order valence-electron chi connectivity index (χ1n) is 2.48. The van der Waals surface area contributed by atoms with E-state index in [2.05, 4.69) is 13.8 Å². The van der Waals surface area contributed by atoms with Crippen molar-refractivity contribution in [2.75, 3.05) is 0 Å². The molecule has 8 heavy (non-hydrogen) atoms. The molecule has 0 N–H and O–H groups in total. The maximum atomic E-state index is 5.00. The first-order valence-corrected chi connectivity index (χ1v) is 13.3. The fourth-order valence-corrected chi connectivity index (χ4v) is 0. The Hall–Kier alpha value is 1.67. The van der Waals surface area contributed by atoms with Crippen LogP contribution in [0.2, 0.25) is 0 Å². The molecule has 0 aromatic heterocycles. The normalized spacial score (nSPS) is 8.25. The third-order valence-electron chi connectivity index (χ3n) is 0.500. The van der Waals surface area contributed by atoms with E-state index >= 15 is 0 Å². The second-order valence-electron chi connectivity index (χ2n) is 1.21. The van der Waals surface area contributed by atoms with Crippen LogP contribution in [-0.2, 0) is 0 Å². The van der Waals surface area contributed by atoms with Gasteiger partial charge in [0.1, 0.15) is 0 Å². The Balaban J connectivity index is 0. The minimum atomic E-state index is -2.13. The molecule has 0 amide bonds. The molecular weight excluding hydrogens is 273 g/mol. The first kappa shape index (κ1) is 12.4. The number of rotatable bonds is 1. The van der Waals surface area contributed by atoms with Crippen molar-refractivity contribution in [3.05, 3.63) is 0 Å². The van der Waals surface area contributed by atoms with Crippen LogP contribution >= 0.6 is 26.8 Å². The molecule has 0 fully saturated rings. The van der Waals surface area contributed by atoms with Gasteiger partial charge in [0, 0.05) is 0 Å². The van der Waals surface area contributed by atoms with E-state index in [1.807, 2.05) is 0 Å². The summed E-state index contributed by atoms with van der Waals surface area (Å²) in [5.41, 5.74) is 0. The van der Waals surface area contributed by atoms with Crippen LogP contribution in [-0.4, -0.2) is 16.4 Å². The molecule has 4 heteroatoms. The Bertz CT molecular complexity index is 27.7. The van der Waals surface area contributed by atoms with Gasteiger partial charge >= 0.3 is 43.1 Å². The molecule has 0 aliphatic rings. The van der Waals surface area contributed by atoms with Crippen LogP contribution < -0.4 is 0 Å². The summed E-state index contributed by atoms with van der Waals surface area (Å²) in [6.45, 7) is 4.36. The predicted molar refractivity (Wildman–Crippen MR) is 43.9 cm³/mol. The zero-order valence-electron chi connectivity index (χ0n) is 5.05. The summed E-state index contributed by atoms with van der Waals surface area (Å²) in [7, 11) is 15.0. The topological polar surface area (TPSA) is 0 Å². The van der Waals surface area contributed by atoms with Crippen LogP contribution in [0.1, 0.15) is 26.7 Å². The van der Waals surface area contributed by atoms with Crippen LogP contribution in [0.4, 0.5) is 0 Å². The molecule has 0 heterocycles. The Morgan fingerprint density at radius 1 is 1.00 bits per heavy atom. The second-order valence-corrected chi connectivity index (χ2v) is 13.9. The minimum absolute atomic E-state index is 1.32. The number of hydrogen-bond donors (Lipinski definition) is 0. The van der Waals surface area contributed by atoms with Crippen molar-refractivity contribution < 1.29 is 0 Å². The Morgan fingerprint density at radius 3 is 1.12 bits per heavy atom. The Morgan fingerprint density at radius 2 is 1.12 bits per heavy atom. The average molecular weight is 283 g/mol. The van der Waals surface area contributed by atoms with Gasteiger partial charge in [-0.2, -0.15) is 0 Å². The third-order valence-corrected chi connectivity index (χ3v) is 0.500. The first-order chi connectivity index (χ1) is 3.65. The zero-order chi connectivity index (χ0) is 6.99. The fourth-order valence-electron chi connectivity index (χ4n) is 0. The molecule has 0 nitrogen and oxygen atoms in total. The maximum absolute atomic E-state index is 5.00. The summed E-state index contributed by atoms with van der Waals surface area (Å²) < 4.78 is 0. The summed E-state index contributed by atoms with van der Waals surface area (Å²) in [6, 6.07) is 0. The molecule has 0 bridgehead atoms. The molecule has 0 atom stereocenters. The van der Waals surface area contributed by atoms with E-state index in [1.165, 1.54) is 12.8 Å². The number of hydrogen-bond acceptors (Lipinski definition) is 0. The zero-order valence-corrected chi connectivity index (χ0v) is 10.2. The molecule has 0 spiro atoms. The van der Waals surface area contributed by atoms with Crippen molar-refractivity contribution >= 4 is 43.1 Å². The van der Waals surface area contributed by atoms with Crippen LogP contribution in [0.5, 0.6) is 0 Å². The molecule has 0 aromatic rings. The van der Waals surface area contributed by atoms with E-state index in [0.717, 1.165) is 0 Å². The monoisotopic (exact) mass is 283 g/mol. The summed E-state index contributed by atoms with van der Waals surface area (Å²) in [5.74, 6) is 0. The van der Waals surface area contributed by atoms with Gasteiger partial charge in [-0.05, 0) is 0 Å². The van der Waals surface area contributed by atoms with Crippen molar-refractivity contribution in [2.45, 2.75) is 26.7 Å². The predicted octanol–water partition coefficient (Wildman–Crippen LogP) is 3.49. The average Bonchev–Trinajstić information content (AvgIpc) is 1.65. The molecule has 0 saturated heterocycles. The van der Waals surface area contributed by atoms with Crippen molar-refractivity contribution in [3.63, 3.8) is 0 Å². The SMILES string of the molecule is CCCC.[Cl][Sn]([Cl])[Cl]. The second kappa shape index (κ2) is 11.5. The molecular formula is C4H10Cl3Sn. The van der Waals surface area contributed by atoms with Gasteiger partial charge in [-0.25, -0.2) is 0 Å². The van der Waals surface area contributed by atoms with E-state index in [0.29, 0.717) is 0 Å². The van der Waals surface area contributed by atoms with Crippen molar-refractivity contribution in [3.8, 4) is 0 Å². The van der Waals surface area contributed by atoms with Crippen LogP contribution in [0, 0.1) is 0 Å². The van der Waals surface area contributed by atoms with Gasteiger partial charge in [0.25, 0.3) is 0 Å². The standard InChI is InChI=1S/C4H10.3ClH.Sn/c1-3-4-2;;;;/h3-4H2,1-2H3;3*1H;/q;;;;+3/p-3. The quantitative estimate of drug-likeness (QED) is 0.646. The molecule has 1 radical (unpaired) electrons. The summed E-state index contributed by atoms with van der Waals surface area (Å²) in [5, 5.41) is 0.